The maximum absolute atomic E-state index is 11.9. The van der Waals surface area contributed by atoms with E-state index in [0.717, 1.165) is 11.3 Å². The van der Waals surface area contributed by atoms with Crippen molar-refractivity contribution in [2.24, 2.45) is 0 Å². The van der Waals surface area contributed by atoms with Crippen LogP contribution in [0.1, 0.15) is 31.3 Å². The summed E-state index contributed by atoms with van der Waals surface area (Å²) in [6.45, 7) is 5.39. The molecule has 0 fully saturated rings. The molecule has 100 valence electrons. The molecule has 0 aromatic carbocycles. The number of methoxy groups -OCH3 is 1. The number of carbonyl (C=O) groups is 2. The van der Waals surface area contributed by atoms with Crippen molar-refractivity contribution >= 4 is 23.4 Å². The summed E-state index contributed by atoms with van der Waals surface area (Å²) in [6, 6.07) is 0. The molecule has 1 rings (SSSR count). The molecule has 7 nitrogen and oxygen atoms in total. The van der Waals surface area contributed by atoms with E-state index in [1.54, 1.807) is 20.8 Å². The van der Waals surface area contributed by atoms with Crippen molar-refractivity contribution in [3.8, 4) is 10.3 Å². The molecule has 18 heavy (non-hydrogen) atoms. The van der Waals surface area contributed by atoms with Crippen molar-refractivity contribution in [2.45, 2.75) is 26.3 Å². The van der Waals surface area contributed by atoms with E-state index in [-0.39, 0.29) is 16.0 Å². The summed E-state index contributed by atoms with van der Waals surface area (Å²) in [7, 11) is 1.37. The number of nitrogens with one attached hydrogen (secondary N) is 1. The average Bonchev–Trinajstić information content (AvgIpc) is 2.57. The summed E-state index contributed by atoms with van der Waals surface area (Å²) >= 11 is 0.845. The number of hydrogen-bond acceptors (Lipinski definition) is 6. The Labute approximate surface area is 108 Å². The summed E-state index contributed by atoms with van der Waals surface area (Å²) in [5.41, 5.74) is -0.566. The lowest BCUT2D eigenvalue weighted by molar-refractivity contribution is 0.0911. The average molecular weight is 274 g/mol. The van der Waals surface area contributed by atoms with Gasteiger partial charge in [0.15, 0.2) is 5.69 Å². The van der Waals surface area contributed by atoms with Crippen LogP contribution in [0, 0.1) is 0 Å². The van der Waals surface area contributed by atoms with Gasteiger partial charge in [-0.3, -0.25) is 4.79 Å². The molecule has 0 bridgehead atoms. The topological polar surface area (TPSA) is 97.8 Å². The van der Waals surface area contributed by atoms with Crippen LogP contribution < -0.4 is 14.8 Å². The Morgan fingerprint density at radius 1 is 1.39 bits per heavy atom. The predicted octanol–water partition coefficient (Wildman–Crippen LogP) is 1.74. The summed E-state index contributed by atoms with van der Waals surface area (Å²) < 4.78 is 9.35. The zero-order chi connectivity index (χ0) is 13.9. The van der Waals surface area contributed by atoms with Gasteiger partial charge in [-0.05, 0) is 32.1 Å². The number of carbonyl (C=O) groups excluding carboxylic acids is 1. The van der Waals surface area contributed by atoms with Gasteiger partial charge in [0.25, 0.3) is 11.1 Å². The molecule has 1 amide bonds. The molecule has 0 aliphatic heterocycles. The standard InChI is InChI=1S/C10H14N2O5S/c1-10(2,3)12-6(13)5-7(17-9(14)15)18-8(11-5)16-4/h1-4H3,(H,12,13)(H,14,15). The van der Waals surface area contributed by atoms with Crippen LogP contribution in [0.4, 0.5) is 4.79 Å². The summed E-state index contributed by atoms with van der Waals surface area (Å²) in [5, 5.41) is 11.3. The number of nitrogens with zero attached hydrogens (tertiary/aromatic N) is 1. The second-order valence-electron chi connectivity index (χ2n) is 4.39. The minimum atomic E-state index is -1.51. The third kappa shape index (κ3) is 3.88. The third-order valence-corrected chi connectivity index (χ3v) is 2.53. The SMILES string of the molecule is COc1nc(C(=O)NC(C)(C)C)c(OC(=O)O)s1. The van der Waals surface area contributed by atoms with Crippen molar-refractivity contribution in [2.75, 3.05) is 7.11 Å². The highest BCUT2D eigenvalue weighted by Crippen LogP contribution is 2.32. The molecule has 1 aromatic rings. The van der Waals surface area contributed by atoms with Crippen molar-refractivity contribution < 1.29 is 24.2 Å². The van der Waals surface area contributed by atoms with E-state index >= 15 is 0 Å². The molecule has 0 radical (unpaired) electrons. The molecular weight excluding hydrogens is 260 g/mol. The highest BCUT2D eigenvalue weighted by atomic mass is 32.1. The van der Waals surface area contributed by atoms with Gasteiger partial charge < -0.3 is 19.9 Å². The summed E-state index contributed by atoms with van der Waals surface area (Å²) in [4.78, 5) is 26.3. The Morgan fingerprint density at radius 2 is 2.00 bits per heavy atom. The monoisotopic (exact) mass is 274 g/mol. The van der Waals surface area contributed by atoms with Gasteiger partial charge in [0.2, 0.25) is 5.06 Å². The molecule has 0 spiro atoms. The quantitative estimate of drug-likeness (QED) is 0.815. The molecule has 2 N–H and O–H groups in total. The lowest BCUT2D eigenvalue weighted by atomic mass is 10.1. The zero-order valence-corrected chi connectivity index (χ0v) is 11.3. The van der Waals surface area contributed by atoms with E-state index in [2.05, 4.69) is 15.0 Å². The predicted molar refractivity (Wildman–Crippen MR) is 64.5 cm³/mol. The second-order valence-corrected chi connectivity index (χ2v) is 5.32. The van der Waals surface area contributed by atoms with Crippen LogP contribution in [0.15, 0.2) is 0 Å². The minimum absolute atomic E-state index is 0.103. The number of ether oxygens (including phenoxy) is 2. The van der Waals surface area contributed by atoms with E-state index in [4.69, 9.17) is 9.84 Å². The van der Waals surface area contributed by atoms with Crippen LogP contribution in [-0.4, -0.2) is 34.8 Å². The van der Waals surface area contributed by atoms with E-state index in [9.17, 15) is 9.59 Å². The van der Waals surface area contributed by atoms with Crippen LogP contribution in [0.5, 0.6) is 10.3 Å². The molecular formula is C10H14N2O5S. The van der Waals surface area contributed by atoms with Crippen LogP contribution in [0.3, 0.4) is 0 Å². The van der Waals surface area contributed by atoms with E-state index in [0.29, 0.717) is 0 Å². The highest BCUT2D eigenvalue weighted by Gasteiger charge is 2.25. The fraction of sp³-hybridized carbons (Fsp3) is 0.500. The van der Waals surface area contributed by atoms with Crippen molar-refractivity contribution in [1.29, 1.82) is 0 Å². The van der Waals surface area contributed by atoms with E-state index in [1.807, 2.05) is 0 Å². The molecule has 0 aliphatic rings. The maximum atomic E-state index is 11.9. The first kappa shape index (κ1) is 14.2. The number of rotatable bonds is 3. The smallest absolute Gasteiger partial charge is 0.473 e. The fourth-order valence-electron chi connectivity index (χ4n) is 1.07. The van der Waals surface area contributed by atoms with Crippen molar-refractivity contribution in [1.82, 2.24) is 10.3 Å². The summed E-state index contributed by atoms with van der Waals surface area (Å²) in [6.07, 6.45) is -1.51. The van der Waals surface area contributed by atoms with Crippen LogP contribution in [0.2, 0.25) is 0 Å². The van der Waals surface area contributed by atoms with Crippen LogP contribution >= 0.6 is 11.3 Å². The Hall–Kier alpha value is -1.83. The Morgan fingerprint density at radius 3 is 2.44 bits per heavy atom. The summed E-state index contributed by atoms with van der Waals surface area (Å²) in [5.74, 6) is -0.515. The molecule has 0 atom stereocenters. The Balaban J connectivity index is 3.02. The van der Waals surface area contributed by atoms with Crippen LogP contribution in [0.25, 0.3) is 0 Å². The van der Waals surface area contributed by atoms with Gasteiger partial charge in [-0.1, -0.05) is 0 Å². The zero-order valence-electron chi connectivity index (χ0n) is 10.4. The molecule has 0 aliphatic carbocycles. The first-order chi connectivity index (χ1) is 8.23. The lowest BCUT2D eigenvalue weighted by Gasteiger charge is -2.19. The number of thiazole rings is 1. The van der Waals surface area contributed by atoms with Crippen LogP contribution in [-0.2, 0) is 0 Å². The second kappa shape index (κ2) is 5.21. The molecule has 8 heteroatoms. The van der Waals surface area contributed by atoms with Gasteiger partial charge in [0.1, 0.15) is 0 Å². The number of aromatic nitrogens is 1. The minimum Gasteiger partial charge on any atom is -0.473 e. The van der Waals surface area contributed by atoms with Gasteiger partial charge in [-0.25, -0.2) is 4.79 Å². The lowest BCUT2D eigenvalue weighted by Crippen LogP contribution is -2.40. The van der Waals surface area contributed by atoms with Crippen molar-refractivity contribution in [3.05, 3.63) is 5.69 Å². The maximum Gasteiger partial charge on any atom is 0.512 e. The van der Waals surface area contributed by atoms with Gasteiger partial charge in [-0.15, -0.1) is 0 Å². The number of carboxylic acid groups (broad SMARTS) is 1. The van der Waals surface area contributed by atoms with Gasteiger partial charge >= 0.3 is 6.16 Å². The molecule has 0 unspecified atom stereocenters. The number of amides is 1. The normalized spacial score (nSPS) is 10.9. The first-order valence-electron chi connectivity index (χ1n) is 5.01. The first-order valence-corrected chi connectivity index (χ1v) is 5.82. The van der Waals surface area contributed by atoms with Crippen molar-refractivity contribution in [3.63, 3.8) is 0 Å². The Kier molecular flexibility index (Phi) is 4.12. The molecule has 0 saturated carbocycles. The highest BCUT2D eigenvalue weighted by molar-refractivity contribution is 7.15. The molecule has 0 saturated heterocycles. The van der Waals surface area contributed by atoms with Gasteiger partial charge in [-0.2, -0.15) is 4.98 Å². The Bertz CT molecular complexity index is 463. The molecule has 1 heterocycles. The number of hydrogen-bond donors (Lipinski definition) is 2. The van der Waals surface area contributed by atoms with E-state index < -0.39 is 17.6 Å². The fourth-order valence-corrected chi connectivity index (χ4v) is 1.79. The van der Waals surface area contributed by atoms with E-state index in [1.165, 1.54) is 7.11 Å². The largest absolute Gasteiger partial charge is 0.512 e. The van der Waals surface area contributed by atoms with Gasteiger partial charge in [0, 0.05) is 5.54 Å². The van der Waals surface area contributed by atoms with Gasteiger partial charge in [0.05, 0.1) is 7.11 Å². The molecule has 1 aromatic heterocycles. The third-order valence-electron chi connectivity index (χ3n) is 1.63.